The Morgan fingerprint density at radius 2 is 1.93 bits per heavy atom. The molecule has 0 saturated carbocycles. The molecule has 4 rings (SSSR count). The minimum atomic E-state index is -0.242. The molecular weight excluding hydrogens is 339 g/mol. The lowest BCUT2D eigenvalue weighted by molar-refractivity contribution is 0.107. The third-order valence-electron chi connectivity index (χ3n) is 4.41. The van der Waals surface area contributed by atoms with Crippen LogP contribution in [0.5, 0.6) is 0 Å². The number of allylic oxidation sites excluding steroid dienone is 2. The van der Waals surface area contributed by atoms with Gasteiger partial charge in [-0.1, -0.05) is 36.3 Å². The zero-order valence-electron chi connectivity index (χ0n) is 14.8. The van der Waals surface area contributed by atoms with Crippen molar-refractivity contribution < 1.29 is 9.13 Å². The van der Waals surface area contributed by atoms with Gasteiger partial charge in [-0.05, 0) is 53.8 Å². The van der Waals surface area contributed by atoms with Crippen molar-refractivity contribution in [2.75, 3.05) is 0 Å². The van der Waals surface area contributed by atoms with Gasteiger partial charge in [-0.2, -0.15) is 0 Å². The van der Waals surface area contributed by atoms with E-state index in [-0.39, 0.29) is 5.82 Å². The monoisotopic (exact) mass is 358 g/mol. The summed E-state index contributed by atoms with van der Waals surface area (Å²) >= 11 is 0. The number of aliphatic imine (C=N–C) groups is 1. The maximum atomic E-state index is 13.1. The Kier molecular flexibility index (Phi) is 5.13. The fraction of sp³-hybridized carbons (Fsp3) is 0.174. The summed E-state index contributed by atoms with van der Waals surface area (Å²) in [5.41, 5.74) is 3.74. The number of amidine groups is 1. The summed E-state index contributed by atoms with van der Waals surface area (Å²) in [5, 5.41) is 3.26. The van der Waals surface area contributed by atoms with Gasteiger partial charge in [0.05, 0.1) is 18.9 Å². The smallest absolute Gasteiger partial charge is 0.123 e. The maximum Gasteiger partial charge on any atom is 0.123 e. The van der Waals surface area contributed by atoms with E-state index in [0.717, 1.165) is 34.6 Å². The molecule has 0 saturated heterocycles. The zero-order valence-corrected chi connectivity index (χ0v) is 14.8. The quantitative estimate of drug-likeness (QED) is 0.826. The second kappa shape index (κ2) is 8.03. The summed E-state index contributed by atoms with van der Waals surface area (Å²) < 4.78 is 18.8. The van der Waals surface area contributed by atoms with E-state index < -0.39 is 0 Å². The molecule has 4 heteroatoms. The fourth-order valence-electron chi connectivity index (χ4n) is 3.01. The summed E-state index contributed by atoms with van der Waals surface area (Å²) in [6.45, 7) is 0.866. The first-order chi connectivity index (χ1) is 13.3. The first-order valence-corrected chi connectivity index (χ1v) is 8.91. The normalized spacial score (nSPS) is 17.3. The molecule has 2 aliphatic rings. The molecule has 0 amide bonds. The molecule has 2 heterocycles. The first kappa shape index (κ1) is 17.3. The molecular formula is C23H19FN2O. The molecule has 0 aromatic heterocycles. The summed E-state index contributed by atoms with van der Waals surface area (Å²) in [6, 6.07) is 14.4. The van der Waals surface area contributed by atoms with Gasteiger partial charge >= 0.3 is 0 Å². The number of rotatable bonds is 4. The number of benzene rings is 2. The highest BCUT2D eigenvalue weighted by molar-refractivity contribution is 5.92. The highest BCUT2D eigenvalue weighted by Crippen LogP contribution is 2.20. The molecule has 1 atom stereocenters. The van der Waals surface area contributed by atoms with Crippen molar-refractivity contribution >= 4 is 5.84 Å². The largest absolute Gasteiger partial charge is 0.372 e. The van der Waals surface area contributed by atoms with Gasteiger partial charge in [-0.25, -0.2) is 9.38 Å². The molecule has 0 spiro atoms. The zero-order chi connectivity index (χ0) is 18.5. The Bertz CT molecular complexity index is 977. The minimum absolute atomic E-state index is 0.242. The van der Waals surface area contributed by atoms with Crippen molar-refractivity contribution in [3.05, 3.63) is 95.1 Å². The summed E-state index contributed by atoms with van der Waals surface area (Å²) in [7, 11) is 0. The highest BCUT2D eigenvalue weighted by atomic mass is 19.1. The number of nitrogens with one attached hydrogen (secondary N) is 1. The van der Waals surface area contributed by atoms with E-state index in [1.54, 1.807) is 6.07 Å². The molecule has 1 unspecified atom stereocenters. The Labute approximate surface area is 158 Å². The van der Waals surface area contributed by atoms with Gasteiger partial charge in [0.15, 0.2) is 0 Å². The molecule has 3 nitrogen and oxygen atoms in total. The van der Waals surface area contributed by atoms with E-state index >= 15 is 0 Å². The second-order valence-corrected chi connectivity index (χ2v) is 6.52. The molecule has 0 radical (unpaired) electrons. The predicted molar refractivity (Wildman–Crippen MR) is 104 cm³/mol. The van der Waals surface area contributed by atoms with E-state index in [4.69, 9.17) is 4.74 Å². The van der Waals surface area contributed by atoms with Gasteiger partial charge in [0, 0.05) is 17.7 Å². The van der Waals surface area contributed by atoms with Crippen LogP contribution >= 0.6 is 0 Å². The average molecular weight is 358 g/mol. The first-order valence-electron chi connectivity index (χ1n) is 8.91. The molecule has 2 aliphatic heterocycles. The number of fused-ring (bicyclic) bond motifs is 1. The van der Waals surface area contributed by atoms with Crippen LogP contribution in [0.25, 0.3) is 0 Å². The fourth-order valence-corrected chi connectivity index (χ4v) is 3.01. The third kappa shape index (κ3) is 4.52. The Morgan fingerprint density at radius 1 is 1.07 bits per heavy atom. The third-order valence-corrected chi connectivity index (χ3v) is 4.41. The second-order valence-electron chi connectivity index (χ2n) is 6.52. The molecule has 134 valence electrons. The van der Waals surface area contributed by atoms with Crippen LogP contribution < -0.4 is 5.32 Å². The molecule has 2 aromatic carbocycles. The van der Waals surface area contributed by atoms with Gasteiger partial charge in [0.2, 0.25) is 0 Å². The molecule has 0 bridgehead atoms. The summed E-state index contributed by atoms with van der Waals surface area (Å²) in [6.07, 6.45) is 7.00. The highest BCUT2D eigenvalue weighted by Gasteiger charge is 2.21. The van der Waals surface area contributed by atoms with Crippen molar-refractivity contribution in [1.82, 2.24) is 5.32 Å². The van der Waals surface area contributed by atoms with E-state index in [0.29, 0.717) is 19.1 Å². The Morgan fingerprint density at radius 3 is 2.74 bits per heavy atom. The Hall–Kier alpha value is -3.16. The van der Waals surface area contributed by atoms with Crippen molar-refractivity contribution in [3.8, 4) is 11.8 Å². The van der Waals surface area contributed by atoms with Crippen LogP contribution in [0.4, 0.5) is 4.39 Å². The number of hydrogen-bond donors (Lipinski definition) is 1. The summed E-state index contributed by atoms with van der Waals surface area (Å²) in [5.74, 6) is 7.41. The van der Waals surface area contributed by atoms with Crippen LogP contribution in [0.3, 0.4) is 0 Å². The van der Waals surface area contributed by atoms with Gasteiger partial charge in [-0.15, -0.1) is 0 Å². The lowest BCUT2D eigenvalue weighted by atomic mass is 10.0. The number of ether oxygens (including phenoxy) is 1. The molecule has 27 heavy (non-hydrogen) atoms. The SMILES string of the molecule is Fc1cccc(COCc2ccc(C#CC3=CC4CC=CN=C4N3)cc2)c1. The van der Waals surface area contributed by atoms with Gasteiger partial charge in [-0.3, -0.25) is 0 Å². The van der Waals surface area contributed by atoms with Crippen LogP contribution in [0.2, 0.25) is 0 Å². The van der Waals surface area contributed by atoms with Crippen LogP contribution in [-0.4, -0.2) is 5.84 Å². The van der Waals surface area contributed by atoms with Crippen molar-refractivity contribution in [2.24, 2.45) is 10.9 Å². The predicted octanol–water partition coefficient (Wildman–Crippen LogP) is 4.31. The topological polar surface area (TPSA) is 33.6 Å². The molecule has 2 aromatic rings. The minimum Gasteiger partial charge on any atom is -0.372 e. The van der Waals surface area contributed by atoms with E-state index in [9.17, 15) is 4.39 Å². The number of halogens is 1. The summed E-state index contributed by atoms with van der Waals surface area (Å²) in [4.78, 5) is 4.33. The van der Waals surface area contributed by atoms with E-state index in [1.807, 2.05) is 36.5 Å². The van der Waals surface area contributed by atoms with Gasteiger partial charge < -0.3 is 10.1 Å². The van der Waals surface area contributed by atoms with Gasteiger partial charge in [0.1, 0.15) is 11.7 Å². The van der Waals surface area contributed by atoms with Crippen LogP contribution in [0, 0.1) is 23.6 Å². The standard InChI is InChI=1S/C23H19FN2O/c24-21-5-1-3-19(13-21)16-27-15-18-8-6-17(7-9-18)10-11-22-14-20-4-2-12-25-23(20)26-22/h1-3,5-9,12-14,20H,4,15-16H2,(H,25,26). The average Bonchev–Trinajstić information content (AvgIpc) is 3.10. The maximum absolute atomic E-state index is 13.1. The van der Waals surface area contributed by atoms with Crippen LogP contribution in [-0.2, 0) is 18.0 Å². The van der Waals surface area contributed by atoms with Crippen molar-refractivity contribution in [2.45, 2.75) is 19.6 Å². The lowest BCUT2D eigenvalue weighted by Gasteiger charge is -2.09. The van der Waals surface area contributed by atoms with Crippen molar-refractivity contribution in [1.29, 1.82) is 0 Å². The van der Waals surface area contributed by atoms with Crippen molar-refractivity contribution in [3.63, 3.8) is 0 Å². The lowest BCUT2D eigenvalue weighted by Crippen LogP contribution is -2.22. The van der Waals surface area contributed by atoms with E-state index in [2.05, 4.69) is 34.3 Å². The van der Waals surface area contributed by atoms with Gasteiger partial charge in [0.25, 0.3) is 0 Å². The number of hydrogen-bond acceptors (Lipinski definition) is 3. The number of nitrogens with zero attached hydrogens (tertiary/aromatic N) is 1. The Balaban J connectivity index is 1.31. The molecule has 1 N–H and O–H groups in total. The molecule has 0 aliphatic carbocycles. The van der Waals surface area contributed by atoms with Crippen LogP contribution in [0.15, 0.2) is 77.6 Å². The van der Waals surface area contributed by atoms with Crippen LogP contribution in [0.1, 0.15) is 23.1 Å². The van der Waals surface area contributed by atoms with E-state index in [1.165, 1.54) is 12.1 Å². The molecule has 0 fully saturated rings.